The van der Waals surface area contributed by atoms with Crippen molar-refractivity contribution in [2.24, 2.45) is 4.99 Å². The Kier molecular flexibility index (Phi) is 5.59. The van der Waals surface area contributed by atoms with Crippen molar-refractivity contribution in [1.82, 2.24) is 4.57 Å². The number of carbonyl (C=O) groups excluding carboxylic acids is 2. The number of hydrogen-bond donors (Lipinski definition) is 0. The predicted molar refractivity (Wildman–Crippen MR) is 99.4 cm³/mol. The van der Waals surface area contributed by atoms with E-state index in [1.165, 1.54) is 41.0 Å². The lowest BCUT2D eigenvalue weighted by molar-refractivity contribution is -0.384. The Morgan fingerprint density at radius 1 is 1.29 bits per heavy atom. The van der Waals surface area contributed by atoms with E-state index in [4.69, 9.17) is 4.74 Å². The van der Waals surface area contributed by atoms with Crippen molar-refractivity contribution in [2.75, 3.05) is 6.61 Å². The lowest BCUT2D eigenvalue weighted by Crippen LogP contribution is -2.23. The van der Waals surface area contributed by atoms with Crippen molar-refractivity contribution in [3.05, 3.63) is 68.8 Å². The topological polar surface area (TPSA) is 104 Å². The molecule has 10 heteroatoms. The average Bonchev–Trinajstić information content (AvgIpc) is 2.98. The Balaban J connectivity index is 2.16. The molecule has 0 aliphatic carbocycles. The molecule has 0 radical (unpaired) electrons. The van der Waals surface area contributed by atoms with Crippen molar-refractivity contribution in [1.29, 1.82) is 0 Å². The molecule has 8 nitrogen and oxygen atoms in total. The minimum absolute atomic E-state index is 0.108. The van der Waals surface area contributed by atoms with Gasteiger partial charge in [0.15, 0.2) is 4.80 Å². The number of aromatic nitrogens is 1. The Morgan fingerprint density at radius 2 is 2.04 bits per heavy atom. The molecular formula is C18H14FN3O5S. The van der Waals surface area contributed by atoms with Crippen LogP contribution in [0.15, 0.2) is 47.5 Å². The number of nitro groups is 1. The number of hydrogen-bond acceptors (Lipinski definition) is 6. The van der Waals surface area contributed by atoms with Crippen LogP contribution >= 0.6 is 11.3 Å². The maximum atomic E-state index is 13.9. The maximum Gasteiger partial charge on any atom is 0.326 e. The number of thiazole rings is 1. The van der Waals surface area contributed by atoms with Gasteiger partial charge >= 0.3 is 5.97 Å². The van der Waals surface area contributed by atoms with Gasteiger partial charge < -0.3 is 9.30 Å². The number of esters is 1. The van der Waals surface area contributed by atoms with Gasteiger partial charge in [0, 0.05) is 12.1 Å². The minimum Gasteiger partial charge on any atom is -0.465 e. The molecule has 0 saturated heterocycles. The monoisotopic (exact) mass is 403 g/mol. The number of amides is 1. The molecule has 144 valence electrons. The van der Waals surface area contributed by atoms with Gasteiger partial charge in [0.2, 0.25) is 0 Å². The van der Waals surface area contributed by atoms with Crippen LogP contribution < -0.4 is 4.80 Å². The van der Waals surface area contributed by atoms with E-state index in [1.807, 2.05) is 0 Å². The standard InChI is InChI=1S/C18H14FN3O5S/c1-2-27-16(23)10-21-14-8-7-11(22(25)26)9-15(14)28-18(21)20-17(24)12-5-3-4-6-13(12)19/h3-9H,2,10H2,1H3. The first kappa shape index (κ1) is 19.4. The smallest absolute Gasteiger partial charge is 0.326 e. The number of carbonyl (C=O) groups is 2. The molecule has 0 unspecified atom stereocenters. The summed E-state index contributed by atoms with van der Waals surface area (Å²) in [5.74, 6) is -2.10. The molecule has 28 heavy (non-hydrogen) atoms. The maximum absolute atomic E-state index is 13.9. The molecule has 1 amide bonds. The first-order valence-corrected chi connectivity index (χ1v) is 8.99. The first-order valence-electron chi connectivity index (χ1n) is 8.17. The third-order valence-electron chi connectivity index (χ3n) is 3.77. The van der Waals surface area contributed by atoms with E-state index in [2.05, 4.69) is 4.99 Å². The summed E-state index contributed by atoms with van der Waals surface area (Å²) in [4.78, 5) is 38.9. The molecular weight excluding hydrogens is 389 g/mol. The molecule has 0 bridgehead atoms. The number of nitrogens with zero attached hydrogens (tertiary/aromatic N) is 3. The van der Waals surface area contributed by atoms with Crippen LogP contribution in [0.25, 0.3) is 10.2 Å². The van der Waals surface area contributed by atoms with Crippen molar-refractivity contribution < 1.29 is 23.6 Å². The SMILES string of the molecule is CCOC(=O)Cn1c(=NC(=O)c2ccccc2F)sc2cc([N+](=O)[O-])ccc21. The average molecular weight is 403 g/mol. The zero-order valence-corrected chi connectivity index (χ0v) is 15.4. The van der Waals surface area contributed by atoms with Gasteiger partial charge in [-0.05, 0) is 25.1 Å². The van der Waals surface area contributed by atoms with Crippen molar-refractivity contribution in [3.63, 3.8) is 0 Å². The van der Waals surface area contributed by atoms with Gasteiger partial charge in [-0.2, -0.15) is 4.99 Å². The molecule has 0 fully saturated rings. The van der Waals surface area contributed by atoms with Crippen LogP contribution in [-0.4, -0.2) is 28.0 Å². The van der Waals surface area contributed by atoms with Crippen LogP contribution in [0.4, 0.5) is 10.1 Å². The zero-order valence-electron chi connectivity index (χ0n) is 14.6. The fraction of sp³-hybridized carbons (Fsp3) is 0.167. The molecule has 2 aromatic carbocycles. The van der Waals surface area contributed by atoms with E-state index in [1.54, 1.807) is 6.92 Å². The van der Waals surface area contributed by atoms with Crippen molar-refractivity contribution in [3.8, 4) is 0 Å². The second-order valence-electron chi connectivity index (χ2n) is 5.58. The van der Waals surface area contributed by atoms with E-state index in [9.17, 15) is 24.1 Å². The van der Waals surface area contributed by atoms with Crippen LogP contribution in [0.3, 0.4) is 0 Å². The van der Waals surface area contributed by atoms with Crippen molar-refractivity contribution >= 4 is 39.1 Å². The number of halogens is 1. The number of nitro benzene ring substituents is 1. The summed E-state index contributed by atoms with van der Waals surface area (Å²) in [5.41, 5.74) is 0.126. The second-order valence-corrected chi connectivity index (χ2v) is 6.59. The molecule has 0 N–H and O–H groups in total. The Hall–Kier alpha value is -3.40. The number of benzene rings is 2. The van der Waals surface area contributed by atoms with Gasteiger partial charge in [-0.3, -0.25) is 19.7 Å². The Bertz CT molecular complexity index is 1150. The van der Waals surface area contributed by atoms with Gasteiger partial charge in [-0.25, -0.2) is 4.39 Å². The molecule has 0 saturated carbocycles. The lowest BCUT2D eigenvalue weighted by atomic mass is 10.2. The molecule has 1 heterocycles. The normalized spacial score (nSPS) is 11.6. The van der Waals surface area contributed by atoms with Crippen LogP contribution in [0.5, 0.6) is 0 Å². The lowest BCUT2D eigenvalue weighted by Gasteiger charge is -2.05. The Morgan fingerprint density at radius 3 is 2.71 bits per heavy atom. The minimum atomic E-state index is -0.822. The summed E-state index contributed by atoms with van der Waals surface area (Å²) in [7, 11) is 0. The molecule has 0 spiro atoms. The zero-order chi connectivity index (χ0) is 20.3. The number of non-ortho nitro benzene ring substituents is 1. The van der Waals surface area contributed by atoms with Gasteiger partial charge in [0.05, 0.1) is 27.3 Å². The van der Waals surface area contributed by atoms with E-state index < -0.39 is 22.6 Å². The van der Waals surface area contributed by atoms with Gasteiger partial charge in [-0.15, -0.1) is 0 Å². The highest BCUT2D eigenvalue weighted by molar-refractivity contribution is 7.16. The summed E-state index contributed by atoms with van der Waals surface area (Å²) >= 11 is 0.985. The highest BCUT2D eigenvalue weighted by Gasteiger charge is 2.16. The summed E-state index contributed by atoms with van der Waals surface area (Å²) in [6.45, 7) is 1.59. The van der Waals surface area contributed by atoms with E-state index in [-0.39, 0.29) is 29.2 Å². The first-order chi connectivity index (χ1) is 13.4. The summed E-state index contributed by atoms with van der Waals surface area (Å²) in [6, 6.07) is 9.49. The van der Waals surface area contributed by atoms with Crippen LogP contribution in [-0.2, 0) is 16.1 Å². The second kappa shape index (κ2) is 8.09. The largest absolute Gasteiger partial charge is 0.465 e. The summed E-state index contributed by atoms with van der Waals surface area (Å²) in [5, 5.41) is 11.0. The summed E-state index contributed by atoms with van der Waals surface area (Å²) in [6.07, 6.45) is 0. The number of fused-ring (bicyclic) bond motifs is 1. The van der Waals surface area contributed by atoms with Gasteiger partial charge in [0.25, 0.3) is 11.6 Å². The fourth-order valence-electron chi connectivity index (χ4n) is 2.53. The van der Waals surface area contributed by atoms with Crippen LogP contribution in [0.1, 0.15) is 17.3 Å². The van der Waals surface area contributed by atoms with E-state index >= 15 is 0 Å². The molecule has 3 rings (SSSR count). The predicted octanol–water partition coefficient (Wildman–Crippen LogP) is 3.05. The quantitative estimate of drug-likeness (QED) is 0.370. The summed E-state index contributed by atoms with van der Waals surface area (Å²) < 4.78 is 20.7. The third kappa shape index (κ3) is 3.96. The van der Waals surface area contributed by atoms with Crippen LogP contribution in [0, 0.1) is 15.9 Å². The molecule has 0 aliphatic rings. The number of rotatable bonds is 5. The number of ether oxygens (including phenoxy) is 1. The highest BCUT2D eigenvalue weighted by Crippen LogP contribution is 2.23. The molecule has 0 aliphatic heterocycles. The van der Waals surface area contributed by atoms with Gasteiger partial charge in [-0.1, -0.05) is 23.5 Å². The highest BCUT2D eigenvalue weighted by atomic mass is 32.1. The van der Waals surface area contributed by atoms with Crippen molar-refractivity contribution in [2.45, 2.75) is 13.5 Å². The third-order valence-corrected chi connectivity index (χ3v) is 4.81. The Labute approximate surface area is 161 Å². The van der Waals surface area contributed by atoms with Crippen LogP contribution in [0.2, 0.25) is 0 Å². The molecule has 3 aromatic rings. The molecule has 0 atom stereocenters. The van der Waals surface area contributed by atoms with E-state index in [0.717, 1.165) is 17.4 Å². The van der Waals surface area contributed by atoms with Gasteiger partial charge in [0.1, 0.15) is 12.4 Å². The molecule has 1 aromatic heterocycles. The van der Waals surface area contributed by atoms with E-state index in [0.29, 0.717) is 10.2 Å². The fourth-order valence-corrected chi connectivity index (χ4v) is 3.59.